The molecule has 0 saturated heterocycles. The molecule has 0 radical (unpaired) electrons. The van der Waals surface area contributed by atoms with E-state index in [2.05, 4.69) is 10.3 Å². The Morgan fingerprint density at radius 3 is 2.46 bits per heavy atom. The van der Waals surface area contributed by atoms with Gasteiger partial charge in [-0.05, 0) is 43.0 Å². The van der Waals surface area contributed by atoms with E-state index in [1.165, 1.54) is 0 Å². The van der Waals surface area contributed by atoms with Gasteiger partial charge in [-0.3, -0.25) is 9.78 Å². The van der Waals surface area contributed by atoms with Gasteiger partial charge in [0.1, 0.15) is 0 Å². The van der Waals surface area contributed by atoms with Gasteiger partial charge in [-0.2, -0.15) is 0 Å². The smallest absolute Gasteiger partial charge is 0.339 e. The number of pyridine rings is 1. The van der Waals surface area contributed by atoms with Crippen molar-refractivity contribution in [3.05, 3.63) is 70.9 Å². The molecule has 0 fully saturated rings. The molecule has 0 unspecified atom stereocenters. The standard InChI is InChI=1S/C23H24N2O3/c1-4-16-10-6-8-12-19(16)25-21(26)14-28-23(27)22-15(3)18(5-2)24-20-13-9-7-11-17(20)22/h6-13H,4-5,14H2,1-3H3,(H,25,26). The molecule has 1 N–H and O–H groups in total. The van der Waals surface area contributed by atoms with Gasteiger partial charge in [-0.15, -0.1) is 0 Å². The number of benzene rings is 2. The molecule has 0 aliphatic carbocycles. The number of hydrogen-bond acceptors (Lipinski definition) is 4. The zero-order chi connectivity index (χ0) is 20.1. The maximum absolute atomic E-state index is 12.8. The number of nitrogens with zero attached hydrogens (tertiary/aromatic N) is 1. The normalized spacial score (nSPS) is 10.7. The Kier molecular flexibility index (Phi) is 6.04. The minimum absolute atomic E-state index is 0.339. The zero-order valence-electron chi connectivity index (χ0n) is 16.4. The molecule has 28 heavy (non-hydrogen) atoms. The molecule has 5 nitrogen and oxygen atoms in total. The quantitative estimate of drug-likeness (QED) is 0.645. The SMILES string of the molecule is CCc1ccccc1NC(=O)COC(=O)c1c(C)c(CC)nc2ccccc12. The molecule has 144 valence electrons. The van der Waals surface area contributed by atoms with Gasteiger partial charge in [0.15, 0.2) is 6.61 Å². The Bertz CT molecular complexity index is 1030. The van der Waals surface area contributed by atoms with Crippen LogP contribution in [0.2, 0.25) is 0 Å². The van der Waals surface area contributed by atoms with Crippen molar-refractivity contribution in [2.45, 2.75) is 33.6 Å². The fourth-order valence-electron chi connectivity index (χ4n) is 3.31. The van der Waals surface area contributed by atoms with Crippen LogP contribution in [0.15, 0.2) is 48.5 Å². The summed E-state index contributed by atoms with van der Waals surface area (Å²) in [7, 11) is 0. The number of aromatic nitrogens is 1. The van der Waals surface area contributed by atoms with Crippen molar-refractivity contribution in [3.8, 4) is 0 Å². The number of ether oxygens (including phenoxy) is 1. The van der Waals surface area contributed by atoms with Crippen molar-refractivity contribution >= 4 is 28.5 Å². The zero-order valence-corrected chi connectivity index (χ0v) is 16.4. The molecule has 5 heteroatoms. The number of anilines is 1. The first-order valence-electron chi connectivity index (χ1n) is 9.48. The first-order valence-corrected chi connectivity index (χ1v) is 9.48. The van der Waals surface area contributed by atoms with Gasteiger partial charge in [0, 0.05) is 16.8 Å². The molecule has 3 aromatic rings. The van der Waals surface area contributed by atoms with Crippen LogP contribution in [0.4, 0.5) is 5.69 Å². The number of fused-ring (bicyclic) bond motifs is 1. The van der Waals surface area contributed by atoms with Crippen molar-refractivity contribution < 1.29 is 14.3 Å². The number of esters is 1. The number of nitrogens with one attached hydrogen (secondary N) is 1. The second-order valence-corrected chi connectivity index (χ2v) is 6.56. The lowest BCUT2D eigenvalue weighted by molar-refractivity contribution is -0.119. The fraction of sp³-hybridized carbons (Fsp3) is 0.261. The minimum Gasteiger partial charge on any atom is -0.452 e. The van der Waals surface area contributed by atoms with Gasteiger partial charge in [0.2, 0.25) is 0 Å². The first-order chi connectivity index (χ1) is 13.5. The Morgan fingerprint density at radius 1 is 1.00 bits per heavy atom. The average Bonchev–Trinajstić information content (AvgIpc) is 2.72. The van der Waals surface area contributed by atoms with Crippen molar-refractivity contribution in [1.29, 1.82) is 0 Å². The van der Waals surface area contributed by atoms with Crippen molar-refractivity contribution in [1.82, 2.24) is 4.98 Å². The Balaban J connectivity index is 1.78. The lowest BCUT2D eigenvalue weighted by Gasteiger charge is -2.14. The largest absolute Gasteiger partial charge is 0.452 e. The molecule has 0 aliphatic rings. The van der Waals surface area contributed by atoms with Crippen LogP contribution >= 0.6 is 0 Å². The molecular weight excluding hydrogens is 352 g/mol. The molecule has 1 heterocycles. The summed E-state index contributed by atoms with van der Waals surface area (Å²) in [4.78, 5) is 29.7. The lowest BCUT2D eigenvalue weighted by Crippen LogP contribution is -2.22. The van der Waals surface area contributed by atoms with E-state index in [1.54, 1.807) is 0 Å². The highest BCUT2D eigenvalue weighted by molar-refractivity contribution is 6.06. The summed E-state index contributed by atoms with van der Waals surface area (Å²) in [6, 6.07) is 15.1. The molecule has 2 aromatic carbocycles. The van der Waals surface area contributed by atoms with E-state index in [9.17, 15) is 9.59 Å². The van der Waals surface area contributed by atoms with E-state index in [-0.39, 0.29) is 12.5 Å². The summed E-state index contributed by atoms with van der Waals surface area (Å²) in [6.07, 6.45) is 1.52. The van der Waals surface area contributed by atoms with Crippen LogP contribution < -0.4 is 5.32 Å². The number of aryl methyl sites for hydroxylation is 2. The molecule has 0 aliphatic heterocycles. The van der Waals surface area contributed by atoms with Gasteiger partial charge >= 0.3 is 5.97 Å². The summed E-state index contributed by atoms with van der Waals surface area (Å²) in [5.74, 6) is -0.870. The molecule has 0 bridgehead atoms. The van der Waals surface area contributed by atoms with E-state index in [0.717, 1.165) is 39.8 Å². The predicted molar refractivity (Wildman–Crippen MR) is 111 cm³/mol. The average molecular weight is 376 g/mol. The second-order valence-electron chi connectivity index (χ2n) is 6.56. The van der Waals surface area contributed by atoms with Crippen LogP contribution in [0.1, 0.15) is 41.0 Å². The second kappa shape index (κ2) is 8.65. The maximum Gasteiger partial charge on any atom is 0.339 e. The van der Waals surface area contributed by atoms with Gasteiger partial charge < -0.3 is 10.1 Å². The van der Waals surface area contributed by atoms with Crippen LogP contribution in [-0.4, -0.2) is 23.5 Å². The molecule has 0 spiro atoms. The molecule has 1 aromatic heterocycles. The van der Waals surface area contributed by atoms with E-state index in [0.29, 0.717) is 12.0 Å². The fourth-order valence-corrected chi connectivity index (χ4v) is 3.31. The first kappa shape index (κ1) is 19.5. The number of para-hydroxylation sites is 2. The van der Waals surface area contributed by atoms with Crippen LogP contribution in [-0.2, 0) is 22.4 Å². The Labute approximate surface area is 164 Å². The Morgan fingerprint density at radius 2 is 1.71 bits per heavy atom. The van der Waals surface area contributed by atoms with E-state index in [4.69, 9.17) is 4.74 Å². The summed E-state index contributed by atoms with van der Waals surface area (Å²) < 4.78 is 5.35. The molecule has 0 atom stereocenters. The molecular formula is C23H24N2O3. The number of amides is 1. The third-order valence-electron chi connectivity index (χ3n) is 4.78. The van der Waals surface area contributed by atoms with Crippen molar-refractivity contribution in [3.63, 3.8) is 0 Å². The van der Waals surface area contributed by atoms with Gasteiger partial charge in [0.05, 0.1) is 11.1 Å². The number of carbonyl (C=O) groups excluding carboxylic acids is 2. The van der Waals surface area contributed by atoms with Crippen LogP contribution in [0.3, 0.4) is 0 Å². The van der Waals surface area contributed by atoms with Gasteiger partial charge in [0.25, 0.3) is 5.91 Å². The van der Waals surface area contributed by atoms with Gasteiger partial charge in [-0.25, -0.2) is 4.79 Å². The monoisotopic (exact) mass is 376 g/mol. The molecule has 0 saturated carbocycles. The molecule has 1 amide bonds. The highest BCUT2D eigenvalue weighted by Gasteiger charge is 2.19. The van der Waals surface area contributed by atoms with Crippen LogP contribution in [0, 0.1) is 6.92 Å². The predicted octanol–water partition coefficient (Wildman–Crippen LogP) is 4.46. The van der Waals surface area contributed by atoms with Gasteiger partial charge in [-0.1, -0.05) is 50.2 Å². The highest BCUT2D eigenvalue weighted by Crippen LogP contribution is 2.24. The van der Waals surface area contributed by atoms with E-state index < -0.39 is 5.97 Å². The van der Waals surface area contributed by atoms with Crippen LogP contribution in [0.25, 0.3) is 10.9 Å². The topological polar surface area (TPSA) is 68.3 Å². The Hall–Kier alpha value is -3.21. The number of carbonyl (C=O) groups is 2. The van der Waals surface area contributed by atoms with E-state index >= 15 is 0 Å². The van der Waals surface area contributed by atoms with E-state index in [1.807, 2.05) is 69.3 Å². The van der Waals surface area contributed by atoms with Crippen molar-refractivity contribution in [2.24, 2.45) is 0 Å². The summed E-state index contributed by atoms with van der Waals surface area (Å²) >= 11 is 0. The number of hydrogen-bond donors (Lipinski definition) is 1. The third-order valence-corrected chi connectivity index (χ3v) is 4.78. The third kappa shape index (κ3) is 4.03. The lowest BCUT2D eigenvalue weighted by atomic mass is 10.0. The molecule has 3 rings (SSSR count). The number of rotatable bonds is 6. The summed E-state index contributed by atoms with van der Waals surface area (Å²) in [5.41, 5.74) is 4.65. The van der Waals surface area contributed by atoms with Crippen molar-refractivity contribution in [2.75, 3.05) is 11.9 Å². The summed E-state index contributed by atoms with van der Waals surface area (Å²) in [5, 5.41) is 3.55. The minimum atomic E-state index is -0.510. The maximum atomic E-state index is 12.8. The highest BCUT2D eigenvalue weighted by atomic mass is 16.5. The summed E-state index contributed by atoms with van der Waals surface area (Å²) in [6.45, 7) is 5.55. The van der Waals surface area contributed by atoms with Crippen LogP contribution in [0.5, 0.6) is 0 Å².